The number of hydrogen-bond acceptors (Lipinski definition) is 3. The standard InChI is InChI=1S/C18H24ClNO3/c1-12-4-3-5-16(13(12)2)20-17(21)11-23-18(22)10-14-6-8-15(19)9-7-14/h6-9,12-13,16H,3-5,10-11H2,1-2H3,(H,20,21)/t12-,13+,16+/m1/s1. The van der Waals surface area contributed by atoms with Gasteiger partial charge in [0.1, 0.15) is 0 Å². The Hall–Kier alpha value is -1.55. The van der Waals surface area contributed by atoms with E-state index in [-0.39, 0.29) is 25.0 Å². The van der Waals surface area contributed by atoms with Crippen molar-refractivity contribution in [3.05, 3.63) is 34.9 Å². The van der Waals surface area contributed by atoms with Crippen molar-refractivity contribution in [3.8, 4) is 0 Å². The Labute approximate surface area is 142 Å². The highest BCUT2D eigenvalue weighted by atomic mass is 35.5. The van der Waals surface area contributed by atoms with Gasteiger partial charge in [-0.25, -0.2) is 0 Å². The molecule has 0 bridgehead atoms. The molecular formula is C18H24ClNO3. The molecule has 0 aromatic heterocycles. The molecule has 1 aromatic rings. The third-order valence-electron chi connectivity index (χ3n) is 4.68. The number of amides is 1. The van der Waals surface area contributed by atoms with Gasteiger partial charge in [0.25, 0.3) is 5.91 Å². The summed E-state index contributed by atoms with van der Waals surface area (Å²) in [6.07, 6.45) is 3.48. The third kappa shape index (κ3) is 5.54. The third-order valence-corrected chi connectivity index (χ3v) is 4.93. The minimum absolute atomic E-state index is 0.140. The highest BCUT2D eigenvalue weighted by Crippen LogP contribution is 2.29. The normalized spacial score (nSPS) is 24.0. The van der Waals surface area contributed by atoms with Crippen molar-refractivity contribution < 1.29 is 14.3 Å². The molecule has 2 rings (SSSR count). The Morgan fingerprint density at radius 3 is 2.61 bits per heavy atom. The maximum absolute atomic E-state index is 12.0. The van der Waals surface area contributed by atoms with E-state index in [1.165, 1.54) is 6.42 Å². The molecule has 0 radical (unpaired) electrons. The summed E-state index contributed by atoms with van der Waals surface area (Å²) in [5.41, 5.74) is 0.814. The van der Waals surface area contributed by atoms with Gasteiger partial charge in [-0.2, -0.15) is 0 Å². The first-order chi connectivity index (χ1) is 11.0. The van der Waals surface area contributed by atoms with E-state index in [2.05, 4.69) is 19.2 Å². The Morgan fingerprint density at radius 1 is 1.22 bits per heavy atom. The zero-order chi connectivity index (χ0) is 16.8. The van der Waals surface area contributed by atoms with E-state index in [0.717, 1.165) is 18.4 Å². The van der Waals surface area contributed by atoms with Crippen molar-refractivity contribution in [3.63, 3.8) is 0 Å². The Bertz CT molecular complexity index is 544. The number of carbonyl (C=O) groups is 2. The quantitative estimate of drug-likeness (QED) is 0.838. The highest BCUT2D eigenvalue weighted by molar-refractivity contribution is 6.30. The van der Waals surface area contributed by atoms with E-state index in [0.29, 0.717) is 16.9 Å². The number of hydrogen-bond donors (Lipinski definition) is 1. The molecule has 1 aliphatic carbocycles. The number of benzene rings is 1. The number of nitrogens with one attached hydrogen (secondary N) is 1. The first-order valence-corrected chi connectivity index (χ1v) is 8.53. The van der Waals surface area contributed by atoms with E-state index >= 15 is 0 Å². The van der Waals surface area contributed by atoms with Crippen LogP contribution in [0.15, 0.2) is 24.3 Å². The molecule has 126 valence electrons. The number of esters is 1. The molecular weight excluding hydrogens is 314 g/mol. The fourth-order valence-corrected chi connectivity index (χ4v) is 3.13. The van der Waals surface area contributed by atoms with Crippen molar-refractivity contribution in [2.24, 2.45) is 11.8 Å². The monoisotopic (exact) mass is 337 g/mol. The summed E-state index contributed by atoms with van der Waals surface area (Å²) in [5, 5.41) is 3.61. The molecule has 3 atom stereocenters. The first kappa shape index (κ1) is 17.8. The lowest BCUT2D eigenvalue weighted by atomic mass is 9.78. The molecule has 0 spiro atoms. The van der Waals surface area contributed by atoms with Crippen LogP contribution in [0.4, 0.5) is 0 Å². The van der Waals surface area contributed by atoms with Gasteiger partial charge in [-0.15, -0.1) is 0 Å². The maximum atomic E-state index is 12.0. The minimum Gasteiger partial charge on any atom is -0.455 e. The highest BCUT2D eigenvalue weighted by Gasteiger charge is 2.28. The lowest BCUT2D eigenvalue weighted by Crippen LogP contribution is -2.45. The topological polar surface area (TPSA) is 55.4 Å². The average Bonchev–Trinajstić information content (AvgIpc) is 2.52. The van der Waals surface area contributed by atoms with Gasteiger partial charge in [-0.1, -0.05) is 50.4 Å². The summed E-state index contributed by atoms with van der Waals surface area (Å²) in [4.78, 5) is 23.7. The maximum Gasteiger partial charge on any atom is 0.310 e. The van der Waals surface area contributed by atoms with Gasteiger partial charge in [0.2, 0.25) is 0 Å². The molecule has 1 N–H and O–H groups in total. The molecule has 23 heavy (non-hydrogen) atoms. The lowest BCUT2D eigenvalue weighted by molar-refractivity contribution is -0.148. The molecule has 5 heteroatoms. The van der Waals surface area contributed by atoms with Crippen LogP contribution < -0.4 is 5.32 Å². The van der Waals surface area contributed by atoms with Crippen LogP contribution in [0.25, 0.3) is 0 Å². The van der Waals surface area contributed by atoms with Gasteiger partial charge in [-0.05, 0) is 36.0 Å². The van der Waals surface area contributed by atoms with Gasteiger partial charge in [0.15, 0.2) is 6.61 Å². The zero-order valence-corrected chi connectivity index (χ0v) is 14.4. The molecule has 1 fully saturated rings. The largest absolute Gasteiger partial charge is 0.455 e. The van der Waals surface area contributed by atoms with Crippen LogP contribution in [-0.2, 0) is 20.7 Å². The van der Waals surface area contributed by atoms with Gasteiger partial charge in [0.05, 0.1) is 6.42 Å². The van der Waals surface area contributed by atoms with Crippen LogP contribution >= 0.6 is 11.6 Å². The Balaban J connectivity index is 1.73. The second-order valence-electron chi connectivity index (χ2n) is 6.41. The van der Waals surface area contributed by atoms with Crippen molar-refractivity contribution in [1.82, 2.24) is 5.32 Å². The van der Waals surface area contributed by atoms with E-state index in [4.69, 9.17) is 16.3 Å². The van der Waals surface area contributed by atoms with E-state index < -0.39 is 5.97 Å². The summed E-state index contributed by atoms with van der Waals surface area (Å²) in [5.74, 6) is 0.437. The van der Waals surface area contributed by atoms with E-state index in [9.17, 15) is 9.59 Å². The smallest absolute Gasteiger partial charge is 0.310 e. The summed E-state index contributed by atoms with van der Waals surface area (Å²) in [6, 6.07) is 7.18. The van der Waals surface area contributed by atoms with E-state index in [1.807, 2.05) is 0 Å². The molecule has 1 aromatic carbocycles. The molecule has 0 unspecified atom stereocenters. The van der Waals surface area contributed by atoms with Crippen LogP contribution in [0, 0.1) is 11.8 Å². The van der Waals surface area contributed by atoms with E-state index in [1.54, 1.807) is 24.3 Å². The SMILES string of the molecule is C[C@H]1[C@H](C)CCC[C@@H]1NC(=O)COC(=O)Cc1ccc(Cl)cc1. The van der Waals surface area contributed by atoms with Crippen LogP contribution in [0.5, 0.6) is 0 Å². The number of ether oxygens (including phenoxy) is 1. The number of rotatable bonds is 5. The van der Waals surface area contributed by atoms with Crippen LogP contribution in [0.2, 0.25) is 5.02 Å². The summed E-state index contributed by atoms with van der Waals surface area (Å²) >= 11 is 5.80. The van der Waals surface area contributed by atoms with Crippen molar-refractivity contribution in [2.45, 2.75) is 45.6 Å². The van der Waals surface area contributed by atoms with Gasteiger partial charge < -0.3 is 10.1 Å². The fraction of sp³-hybridized carbons (Fsp3) is 0.556. The molecule has 1 saturated carbocycles. The fourth-order valence-electron chi connectivity index (χ4n) is 3.00. The molecule has 4 nitrogen and oxygen atoms in total. The zero-order valence-electron chi connectivity index (χ0n) is 13.7. The molecule has 0 heterocycles. The van der Waals surface area contributed by atoms with Gasteiger partial charge in [0, 0.05) is 11.1 Å². The number of carbonyl (C=O) groups excluding carboxylic acids is 2. The Kier molecular flexibility index (Phi) is 6.46. The van der Waals surface area contributed by atoms with Gasteiger partial charge in [-0.3, -0.25) is 9.59 Å². The van der Waals surface area contributed by atoms with Gasteiger partial charge >= 0.3 is 5.97 Å². The second kappa shape index (κ2) is 8.34. The van der Waals surface area contributed by atoms with Crippen molar-refractivity contribution in [2.75, 3.05) is 6.61 Å². The molecule has 1 aliphatic rings. The van der Waals surface area contributed by atoms with Crippen LogP contribution in [-0.4, -0.2) is 24.5 Å². The minimum atomic E-state index is -0.410. The number of halogens is 1. The summed E-state index contributed by atoms with van der Waals surface area (Å²) in [6.45, 7) is 4.17. The molecule has 0 saturated heterocycles. The van der Waals surface area contributed by atoms with Crippen molar-refractivity contribution in [1.29, 1.82) is 0 Å². The molecule has 1 amide bonds. The average molecular weight is 338 g/mol. The lowest BCUT2D eigenvalue weighted by Gasteiger charge is -2.34. The summed E-state index contributed by atoms with van der Waals surface area (Å²) < 4.78 is 5.06. The summed E-state index contributed by atoms with van der Waals surface area (Å²) in [7, 11) is 0. The van der Waals surface area contributed by atoms with Crippen LogP contribution in [0.1, 0.15) is 38.7 Å². The molecule has 0 aliphatic heterocycles. The first-order valence-electron chi connectivity index (χ1n) is 8.15. The Morgan fingerprint density at radius 2 is 1.91 bits per heavy atom. The van der Waals surface area contributed by atoms with Crippen LogP contribution in [0.3, 0.4) is 0 Å². The van der Waals surface area contributed by atoms with Crippen molar-refractivity contribution >= 4 is 23.5 Å². The predicted molar refractivity (Wildman–Crippen MR) is 90.2 cm³/mol. The predicted octanol–water partition coefficient (Wildman–Crippen LogP) is 3.37. The second-order valence-corrected chi connectivity index (χ2v) is 6.84.